The van der Waals surface area contributed by atoms with Crippen molar-refractivity contribution in [1.29, 1.82) is 0 Å². The SMILES string of the molecule is CSCCC(NC(=O)Cc1ccccc1)C(=O)NCCC1CCCNC1. The summed E-state index contributed by atoms with van der Waals surface area (Å²) in [6, 6.07) is 9.16. The Kier molecular flexibility index (Phi) is 9.56. The molecule has 0 radical (unpaired) electrons. The van der Waals surface area contributed by atoms with E-state index in [1.165, 1.54) is 12.8 Å². The lowest BCUT2D eigenvalue weighted by Gasteiger charge is -2.23. The van der Waals surface area contributed by atoms with Crippen molar-refractivity contribution in [3.8, 4) is 0 Å². The van der Waals surface area contributed by atoms with Crippen molar-refractivity contribution in [3.05, 3.63) is 35.9 Å². The van der Waals surface area contributed by atoms with Gasteiger partial charge in [0.25, 0.3) is 0 Å². The van der Waals surface area contributed by atoms with Gasteiger partial charge in [0.05, 0.1) is 6.42 Å². The van der Waals surface area contributed by atoms with Crippen LogP contribution >= 0.6 is 11.8 Å². The zero-order valence-electron chi connectivity index (χ0n) is 15.6. The summed E-state index contributed by atoms with van der Waals surface area (Å²) in [7, 11) is 0. The fourth-order valence-electron chi connectivity index (χ4n) is 3.22. The second-order valence-corrected chi connectivity index (χ2v) is 7.84. The third kappa shape index (κ3) is 7.79. The molecule has 2 amide bonds. The highest BCUT2D eigenvalue weighted by Crippen LogP contribution is 2.13. The van der Waals surface area contributed by atoms with Gasteiger partial charge in [0.15, 0.2) is 0 Å². The number of carbonyl (C=O) groups is 2. The molecule has 3 N–H and O–H groups in total. The normalized spacial score (nSPS) is 18.1. The molecule has 26 heavy (non-hydrogen) atoms. The van der Waals surface area contributed by atoms with Crippen molar-refractivity contribution < 1.29 is 9.59 Å². The van der Waals surface area contributed by atoms with E-state index < -0.39 is 6.04 Å². The number of carbonyl (C=O) groups excluding carboxylic acids is 2. The number of rotatable bonds is 10. The average Bonchev–Trinajstić information content (AvgIpc) is 2.66. The number of benzene rings is 1. The minimum atomic E-state index is -0.455. The first-order valence-corrected chi connectivity index (χ1v) is 10.9. The summed E-state index contributed by atoms with van der Waals surface area (Å²) in [6.07, 6.45) is 6.40. The minimum absolute atomic E-state index is 0.0655. The molecule has 0 saturated carbocycles. The quantitative estimate of drug-likeness (QED) is 0.583. The van der Waals surface area contributed by atoms with E-state index in [0.717, 1.165) is 30.8 Å². The molecule has 2 rings (SSSR count). The van der Waals surface area contributed by atoms with Gasteiger partial charge in [0.2, 0.25) is 11.8 Å². The lowest BCUT2D eigenvalue weighted by atomic mass is 9.96. The van der Waals surface area contributed by atoms with Crippen LogP contribution in [0.15, 0.2) is 30.3 Å². The van der Waals surface area contributed by atoms with Crippen molar-refractivity contribution >= 4 is 23.6 Å². The molecule has 1 aromatic rings. The topological polar surface area (TPSA) is 70.2 Å². The van der Waals surface area contributed by atoms with E-state index in [1.807, 2.05) is 36.6 Å². The predicted molar refractivity (Wildman–Crippen MR) is 108 cm³/mol. The molecule has 0 bridgehead atoms. The van der Waals surface area contributed by atoms with Gasteiger partial charge in [0.1, 0.15) is 6.04 Å². The molecule has 144 valence electrons. The molecule has 5 nitrogen and oxygen atoms in total. The Hall–Kier alpha value is -1.53. The van der Waals surface area contributed by atoms with Crippen molar-refractivity contribution in [2.45, 2.75) is 38.1 Å². The highest BCUT2D eigenvalue weighted by Gasteiger charge is 2.21. The zero-order valence-corrected chi connectivity index (χ0v) is 16.4. The molecular formula is C20H31N3O2S. The van der Waals surface area contributed by atoms with E-state index in [9.17, 15) is 9.59 Å². The minimum Gasteiger partial charge on any atom is -0.354 e. The van der Waals surface area contributed by atoms with Crippen LogP contribution in [0.2, 0.25) is 0 Å². The Balaban J connectivity index is 1.78. The van der Waals surface area contributed by atoms with Crippen LogP contribution in [0.4, 0.5) is 0 Å². The second-order valence-electron chi connectivity index (χ2n) is 6.86. The first kappa shape index (κ1) is 20.8. The molecule has 2 unspecified atom stereocenters. The maximum Gasteiger partial charge on any atom is 0.242 e. The van der Waals surface area contributed by atoms with Crippen LogP contribution in [0.3, 0.4) is 0 Å². The van der Waals surface area contributed by atoms with Crippen molar-refractivity contribution in [3.63, 3.8) is 0 Å². The molecule has 1 aromatic carbocycles. The summed E-state index contributed by atoms with van der Waals surface area (Å²) in [6.45, 7) is 2.82. The Bertz CT molecular complexity index is 547. The number of thioether (sulfide) groups is 1. The summed E-state index contributed by atoms with van der Waals surface area (Å²) < 4.78 is 0. The zero-order chi connectivity index (χ0) is 18.6. The summed E-state index contributed by atoms with van der Waals surface area (Å²) in [5.74, 6) is 1.32. The third-order valence-electron chi connectivity index (χ3n) is 4.72. The second kappa shape index (κ2) is 12.0. The summed E-state index contributed by atoms with van der Waals surface area (Å²) in [5, 5.41) is 9.33. The monoisotopic (exact) mass is 377 g/mol. The van der Waals surface area contributed by atoms with Crippen LogP contribution in [0.25, 0.3) is 0 Å². The number of hydrogen-bond acceptors (Lipinski definition) is 4. The summed E-state index contributed by atoms with van der Waals surface area (Å²) in [5.41, 5.74) is 0.957. The fraction of sp³-hybridized carbons (Fsp3) is 0.600. The molecule has 1 saturated heterocycles. The number of amides is 2. The maximum absolute atomic E-state index is 12.5. The lowest BCUT2D eigenvalue weighted by Crippen LogP contribution is -2.48. The molecule has 1 fully saturated rings. The Labute approximate surface area is 161 Å². The number of piperidine rings is 1. The van der Waals surface area contributed by atoms with Gasteiger partial charge in [-0.25, -0.2) is 0 Å². The van der Waals surface area contributed by atoms with Crippen LogP contribution in [0, 0.1) is 5.92 Å². The summed E-state index contributed by atoms with van der Waals surface area (Å²) >= 11 is 1.69. The van der Waals surface area contributed by atoms with Crippen LogP contribution in [0.5, 0.6) is 0 Å². The number of hydrogen-bond donors (Lipinski definition) is 3. The van der Waals surface area contributed by atoms with Gasteiger partial charge in [-0.05, 0) is 62.3 Å². The fourth-order valence-corrected chi connectivity index (χ4v) is 3.70. The predicted octanol–water partition coefficient (Wildman–Crippen LogP) is 1.97. The molecule has 6 heteroatoms. The molecule has 0 spiro atoms. The third-order valence-corrected chi connectivity index (χ3v) is 5.36. The highest BCUT2D eigenvalue weighted by molar-refractivity contribution is 7.98. The Morgan fingerprint density at radius 3 is 2.81 bits per heavy atom. The van der Waals surface area contributed by atoms with Gasteiger partial charge in [-0.2, -0.15) is 11.8 Å². The van der Waals surface area contributed by atoms with E-state index in [0.29, 0.717) is 25.3 Å². The van der Waals surface area contributed by atoms with Crippen LogP contribution in [-0.2, 0) is 16.0 Å². The summed E-state index contributed by atoms with van der Waals surface area (Å²) in [4.78, 5) is 24.8. The Morgan fingerprint density at radius 2 is 2.12 bits per heavy atom. The lowest BCUT2D eigenvalue weighted by molar-refractivity contribution is -0.128. The van der Waals surface area contributed by atoms with E-state index in [-0.39, 0.29) is 11.8 Å². The molecular weight excluding hydrogens is 346 g/mol. The van der Waals surface area contributed by atoms with Crippen molar-refractivity contribution in [1.82, 2.24) is 16.0 Å². The van der Waals surface area contributed by atoms with E-state index in [1.54, 1.807) is 11.8 Å². The van der Waals surface area contributed by atoms with Gasteiger partial charge in [0, 0.05) is 6.54 Å². The van der Waals surface area contributed by atoms with E-state index in [2.05, 4.69) is 16.0 Å². The largest absolute Gasteiger partial charge is 0.354 e. The standard InChI is InChI=1S/C20H31N3O2S/c1-26-13-10-18(23-19(24)14-16-6-3-2-4-7-16)20(25)22-12-9-17-8-5-11-21-15-17/h2-4,6-7,17-18,21H,5,8-15H2,1H3,(H,22,25)(H,23,24). The molecule has 0 aromatic heterocycles. The molecule has 1 aliphatic heterocycles. The van der Waals surface area contributed by atoms with Gasteiger partial charge in [-0.3, -0.25) is 9.59 Å². The van der Waals surface area contributed by atoms with E-state index in [4.69, 9.17) is 0 Å². The van der Waals surface area contributed by atoms with Crippen LogP contribution in [0.1, 0.15) is 31.2 Å². The highest BCUT2D eigenvalue weighted by atomic mass is 32.2. The van der Waals surface area contributed by atoms with Crippen LogP contribution < -0.4 is 16.0 Å². The first-order valence-electron chi connectivity index (χ1n) is 9.49. The molecule has 1 aliphatic rings. The molecule has 2 atom stereocenters. The van der Waals surface area contributed by atoms with Gasteiger partial charge in [-0.15, -0.1) is 0 Å². The Morgan fingerprint density at radius 1 is 1.31 bits per heavy atom. The van der Waals surface area contributed by atoms with Gasteiger partial charge in [-0.1, -0.05) is 30.3 Å². The molecule has 1 heterocycles. The maximum atomic E-state index is 12.5. The van der Waals surface area contributed by atoms with Gasteiger partial charge >= 0.3 is 0 Å². The molecule has 0 aliphatic carbocycles. The van der Waals surface area contributed by atoms with Crippen molar-refractivity contribution in [2.75, 3.05) is 31.6 Å². The van der Waals surface area contributed by atoms with Gasteiger partial charge < -0.3 is 16.0 Å². The van der Waals surface area contributed by atoms with E-state index >= 15 is 0 Å². The smallest absolute Gasteiger partial charge is 0.242 e. The van der Waals surface area contributed by atoms with Crippen molar-refractivity contribution in [2.24, 2.45) is 5.92 Å². The van der Waals surface area contributed by atoms with Crippen LogP contribution in [-0.4, -0.2) is 49.5 Å². The number of nitrogens with one attached hydrogen (secondary N) is 3. The first-order chi connectivity index (χ1) is 12.7. The average molecular weight is 378 g/mol.